The Balaban J connectivity index is 2.08. The topological polar surface area (TPSA) is 67.4 Å². The van der Waals surface area contributed by atoms with Crippen molar-refractivity contribution in [1.82, 2.24) is 5.32 Å². The van der Waals surface area contributed by atoms with Crippen LogP contribution >= 0.6 is 0 Å². The molecular weight excluding hydrogens is 280 g/mol. The highest BCUT2D eigenvalue weighted by molar-refractivity contribution is 6.04. The van der Waals surface area contributed by atoms with E-state index >= 15 is 0 Å². The lowest BCUT2D eigenvalue weighted by Gasteiger charge is -2.08. The molecule has 0 bridgehead atoms. The summed E-state index contributed by atoms with van der Waals surface area (Å²) in [5.41, 5.74) is 1.68. The zero-order valence-corrected chi connectivity index (χ0v) is 12.6. The first-order valence-corrected chi connectivity index (χ1v) is 7.00. The predicted molar refractivity (Wildman–Crippen MR) is 85.4 cm³/mol. The fourth-order valence-electron chi connectivity index (χ4n) is 1.95. The van der Waals surface area contributed by atoms with E-state index in [9.17, 15) is 9.59 Å². The summed E-state index contributed by atoms with van der Waals surface area (Å²) in [6.45, 7) is 2.44. The molecule has 0 aliphatic carbocycles. The summed E-state index contributed by atoms with van der Waals surface area (Å²) in [6, 6.07) is 13.7. The van der Waals surface area contributed by atoms with Crippen LogP contribution in [0.15, 0.2) is 48.5 Å². The summed E-state index contributed by atoms with van der Waals surface area (Å²) < 4.78 is 5.38. The lowest BCUT2D eigenvalue weighted by molar-refractivity contribution is 0.0962. The normalized spacial score (nSPS) is 9.91. The van der Waals surface area contributed by atoms with Crippen molar-refractivity contribution in [3.63, 3.8) is 0 Å². The molecular formula is C17H18N2O3. The van der Waals surface area contributed by atoms with Crippen molar-refractivity contribution in [1.29, 1.82) is 0 Å². The molecule has 0 saturated carbocycles. The average molecular weight is 298 g/mol. The van der Waals surface area contributed by atoms with Crippen LogP contribution in [0.2, 0.25) is 0 Å². The smallest absolute Gasteiger partial charge is 0.255 e. The molecule has 5 nitrogen and oxygen atoms in total. The molecule has 0 spiro atoms. The van der Waals surface area contributed by atoms with Gasteiger partial charge in [0.1, 0.15) is 5.75 Å². The van der Waals surface area contributed by atoms with E-state index in [0.717, 1.165) is 0 Å². The van der Waals surface area contributed by atoms with E-state index < -0.39 is 0 Å². The van der Waals surface area contributed by atoms with Crippen molar-refractivity contribution in [3.8, 4) is 5.75 Å². The molecule has 2 amide bonds. The minimum atomic E-state index is -0.228. The van der Waals surface area contributed by atoms with Crippen molar-refractivity contribution < 1.29 is 14.3 Å². The van der Waals surface area contributed by atoms with E-state index in [4.69, 9.17) is 4.74 Å². The van der Waals surface area contributed by atoms with Gasteiger partial charge in [-0.15, -0.1) is 0 Å². The number of carbonyl (C=O) groups is 2. The Morgan fingerprint density at radius 1 is 1.00 bits per heavy atom. The van der Waals surface area contributed by atoms with E-state index in [0.29, 0.717) is 29.2 Å². The maximum Gasteiger partial charge on any atom is 0.255 e. The van der Waals surface area contributed by atoms with Gasteiger partial charge in [-0.3, -0.25) is 9.59 Å². The number of ether oxygens (including phenoxy) is 1. The highest BCUT2D eigenvalue weighted by Gasteiger charge is 2.08. The van der Waals surface area contributed by atoms with Crippen molar-refractivity contribution in [2.75, 3.05) is 19.0 Å². The Kier molecular flexibility index (Phi) is 5.14. The first-order valence-electron chi connectivity index (χ1n) is 7.00. The van der Waals surface area contributed by atoms with Gasteiger partial charge < -0.3 is 15.4 Å². The minimum Gasteiger partial charge on any atom is -0.494 e. The summed E-state index contributed by atoms with van der Waals surface area (Å²) >= 11 is 0. The Morgan fingerprint density at radius 2 is 1.73 bits per heavy atom. The summed E-state index contributed by atoms with van der Waals surface area (Å²) in [5.74, 6) is 0.265. The number of hydrogen-bond acceptors (Lipinski definition) is 3. The highest BCUT2D eigenvalue weighted by Crippen LogP contribution is 2.16. The van der Waals surface area contributed by atoms with Crippen molar-refractivity contribution >= 4 is 17.5 Å². The van der Waals surface area contributed by atoms with Crippen molar-refractivity contribution in [2.24, 2.45) is 0 Å². The molecule has 0 atom stereocenters. The van der Waals surface area contributed by atoms with Crippen LogP contribution in [0, 0.1) is 0 Å². The highest BCUT2D eigenvalue weighted by atomic mass is 16.5. The molecule has 0 unspecified atom stereocenters. The van der Waals surface area contributed by atoms with Crippen LogP contribution in [0.25, 0.3) is 0 Å². The molecule has 2 aromatic carbocycles. The molecule has 0 heterocycles. The predicted octanol–water partition coefficient (Wildman–Crippen LogP) is 2.70. The van der Waals surface area contributed by atoms with Crippen LogP contribution in [-0.4, -0.2) is 25.5 Å². The second-order valence-electron chi connectivity index (χ2n) is 4.57. The van der Waals surface area contributed by atoms with Crippen LogP contribution in [0.3, 0.4) is 0 Å². The van der Waals surface area contributed by atoms with E-state index in [1.165, 1.54) is 0 Å². The third-order valence-corrected chi connectivity index (χ3v) is 3.04. The molecule has 0 aromatic heterocycles. The number of amides is 2. The Labute approximate surface area is 129 Å². The summed E-state index contributed by atoms with van der Waals surface area (Å²) in [6.07, 6.45) is 0. The molecule has 0 aliphatic heterocycles. The van der Waals surface area contributed by atoms with Crippen molar-refractivity contribution in [2.45, 2.75) is 6.92 Å². The van der Waals surface area contributed by atoms with Crippen LogP contribution in [0.1, 0.15) is 27.6 Å². The molecule has 2 aromatic rings. The van der Waals surface area contributed by atoms with E-state index in [2.05, 4.69) is 10.6 Å². The monoisotopic (exact) mass is 298 g/mol. The number of anilines is 1. The van der Waals surface area contributed by atoms with Gasteiger partial charge in [0.15, 0.2) is 0 Å². The van der Waals surface area contributed by atoms with Gasteiger partial charge in [-0.2, -0.15) is 0 Å². The first-order chi connectivity index (χ1) is 10.6. The third-order valence-electron chi connectivity index (χ3n) is 3.04. The molecule has 114 valence electrons. The SMILES string of the molecule is CCOc1cccc(C(=O)Nc2ccc(C(=O)NC)cc2)c1. The second kappa shape index (κ2) is 7.26. The molecule has 2 rings (SSSR count). The third kappa shape index (κ3) is 3.85. The van der Waals surface area contributed by atoms with Gasteiger partial charge in [0, 0.05) is 23.9 Å². The largest absolute Gasteiger partial charge is 0.494 e. The van der Waals surface area contributed by atoms with Gasteiger partial charge in [-0.25, -0.2) is 0 Å². The van der Waals surface area contributed by atoms with E-state index in [1.807, 2.05) is 6.92 Å². The Morgan fingerprint density at radius 3 is 2.36 bits per heavy atom. The van der Waals surface area contributed by atoms with Gasteiger partial charge in [0.05, 0.1) is 6.61 Å². The maximum absolute atomic E-state index is 12.2. The zero-order chi connectivity index (χ0) is 15.9. The average Bonchev–Trinajstić information content (AvgIpc) is 2.55. The Bertz CT molecular complexity index is 666. The number of nitrogens with one attached hydrogen (secondary N) is 2. The molecule has 5 heteroatoms. The van der Waals surface area contributed by atoms with Crippen LogP contribution in [0.5, 0.6) is 5.75 Å². The first kappa shape index (κ1) is 15.6. The quantitative estimate of drug-likeness (QED) is 0.892. The number of hydrogen-bond donors (Lipinski definition) is 2. The summed E-state index contributed by atoms with van der Waals surface area (Å²) in [4.78, 5) is 23.7. The van der Waals surface area contributed by atoms with Gasteiger partial charge in [0.2, 0.25) is 0 Å². The lowest BCUT2D eigenvalue weighted by atomic mass is 10.1. The molecule has 2 N–H and O–H groups in total. The van der Waals surface area contributed by atoms with E-state index in [1.54, 1.807) is 55.6 Å². The lowest BCUT2D eigenvalue weighted by Crippen LogP contribution is -2.17. The molecule has 0 fully saturated rings. The van der Waals surface area contributed by atoms with Crippen LogP contribution in [-0.2, 0) is 0 Å². The summed E-state index contributed by atoms with van der Waals surface area (Å²) in [7, 11) is 1.57. The summed E-state index contributed by atoms with van der Waals surface area (Å²) in [5, 5.41) is 5.33. The Hall–Kier alpha value is -2.82. The standard InChI is InChI=1S/C17H18N2O3/c1-3-22-15-6-4-5-13(11-15)17(21)19-14-9-7-12(8-10-14)16(20)18-2/h4-11H,3H2,1-2H3,(H,18,20)(H,19,21). The van der Waals surface area contributed by atoms with Gasteiger partial charge in [-0.05, 0) is 49.4 Å². The second-order valence-corrected chi connectivity index (χ2v) is 4.57. The molecule has 0 saturated heterocycles. The van der Waals surface area contributed by atoms with Gasteiger partial charge in [0.25, 0.3) is 11.8 Å². The minimum absolute atomic E-state index is 0.165. The number of benzene rings is 2. The van der Waals surface area contributed by atoms with E-state index in [-0.39, 0.29) is 11.8 Å². The van der Waals surface area contributed by atoms with Gasteiger partial charge >= 0.3 is 0 Å². The number of carbonyl (C=O) groups excluding carboxylic acids is 2. The zero-order valence-electron chi connectivity index (χ0n) is 12.6. The van der Waals surface area contributed by atoms with Crippen LogP contribution in [0.4, 0.5) is 5.69 Å². The molecule has 22 heavy (non-hydrogen) atoms. The number of rotatable bonds is 5. The molecule has 0 radical (unpaired) electrons. The fourth-order valence-corrected chi connectivity index (χ4v) is 1.95. The maximum atomic E-state index is 12.2. The van der Waals surface area contributed by atoms with Crippen molar-refractivity contribution in [3.05, 3.63) is 59.7 Å². The molecule has 0 aliphatic rings. The van der Waals surface area contributed by atoms with Crippen LogP contribution < -0.4 is 15.4 Å². The van der Waals surface area contributed by atoms with Gasteiger partial charge in [-0.1, -0.05) is 6.07 Å². The fraction of sp³-hybridized carbons (Fsp3) is 0.176.